The number of amides is 1. The third-order valence-electron chi connectivity index (χ3n) is 4.96. The summed E-state index contributed by atoms with van der Waals surface area (Å²) in [5.41, 5.74) is 3.17. The van der Waals surface area contributed by atoms with Gasteiger partial charge < -0.3 is 19.1 Å². The highest BCUT2D eigenvalue weighted by Crippen LogP contribution is 2.24. The van der Waals surface area contributed by atoms with Gasteiger partial charge in [-0.25, -0.2) is 0 Å². The van der Waals surface area contributed by atoms with Gasteiger partial charge >= 0.3 is 5.97 Å². The normalized spacial score (nSPS) is 10.6. The molecule has 30 heavy (non-hydrogen) atoms. The van der Waals surface area contributed by atoms with Crippen LogP contribution in [0.3, 0.4) is 0 Å². The summed E-state index contributed by atoms with van der Waals surface area (Å²) in [5, 5.41) is 0. The van der Waals surface area contributed by atoms with Crippen molar-refractivity contribution in [2.75, 3.05) is 27.9 Å². The Morgan fingerprint density at radius 1 is 0.900 bits per heavy atom. The number of benzene rings is 2. The lowest BCUT2D eigenvalue weighted by atomic mass is 10.00. The molecule has 0 radical (unpaired) electrons. The highest BCUT2D eigenvalue weighted by atomic mass is 16.5. The first-order valence-corrected chi connectivity index (χ1v) is 10.0. The maximum Gasteiger partial charge on any atom is 0.325 e. The Morgan fingerprint density at radius 2 is 1.50 bits per heavy atom. The van der Waals surface area contributed by atoms with Crippen LogP contribution < -0.4 is 9.47 Å². The standard InChI is InChI=1S/C24H31NO5/c1-17(2)20-9-6-18(7-10-20)8-11-23(26)25(16-24(27)30-5)15-19-12-21(28-3)14-22(13-19)29-4/h6-7,9-10,12-14,17H,8,11,15-16H2,1-5H3. The van der Waals surface area contributed by atoms with E-state index in [4.69, 9.17) is 14.2 Å². The maximum atomic E-state index is 12.9. The van der Waals surface area contributed by atoms with Gasteiger partial charge in [-0.15, -0.1) is 0 Å². The molecule has 2 rings (SSSR count). The van der Waals surface area contributed by atoms with Crippen molar-refractivity contribution in [1.29, 1.82) is 0 Å². The van der Waals surface area contributed by atoms with E-state index in [1.54, 1.807) is 20.3 Å². The number of hydrogen-bond acceptors (Lipinski definition) is 5. The Morgan fingerprint density at radius 3 is 2.00 bits per heavy atom. The van der Waals surface area contributed by atoms with Crippen LogP contribution in [0, 0.1) is 0 Å². The van der Waals surface area contributed by atoms with E-state index in [0.717, 1.165) is 11.1 Å². The molecule has 6 heteroatoms. The van der Waals surface area contributed by atoms with Crippen LogP contribution in [-0.4, -0.2) is 44.7 Å². The van der Waals surface area contributed by atoms with E-state index >= 15 is 0 Å². The van der Waals surface area contributed by atoms with E-state index in [1.165, 1.54) is 17.6 Å². The predicted molar refractivity (Wildman–Crippen MR) is 116 cm³/mol. The predicted octanol–water partition coefficient (Wildman–Crippen LogP) is 3.96. The van der Waals surface area contributed by atoms with Gasteiger partial charge in [-0.2, -0.15) is 0 Å². The van der Waals surface area contributed by atoms with Gasteiger partial charge in [-0.3, -0.25) is 9.59 Å². The Kier molecular flexibility index (Phi) is 8.71. The number of rotatable bonds is 10. The zero-order valence-corrected chi connectivity index (χ0v) is 18.4. The van der Waals surface area contributed by atoms with Crippen LogP contribution in [-0.2, 0) is 27.3 Å². The summed E-state index contributed by atoms with van der Waals surface area (Å²) in [6.07, 6.45) is 0.912. The molecule has 1 amide bonds. The molecule has 2 aromatic rings. The summed E-state index contributed by atoms with van der Waals surface area (Å²) in [6.45, 7) is 4.45. The number of esters is 1. The second kappa shape index (κ2) is 11.2. The van der Waals surface area contributed by atoms with Gasteiger partial charge in [0.15, 0.2) is 0 Å². The van der Waals surface area contributed by atoms with Crippen LogP contribution in [0.1, 0.15) is 42.9 Å². The van der Waals surface area contributed by atoms with Crippen molar-refractivity contribution in [3.63, 3.8) is 0 Å². The fourth-order valence-electron chi connectivity index (χ4n) is 3.11. The maximum absolute atomic E-state index is 12.9. The van der Waals surface area contributed by atoms with Gasteiger partial charge in [0, 0.05) is 19.0 Å². The van der Waals surface area contributed by atoms with Crippen LogP contribution in [0.25, 0.3) is 0 Å². The molecule has 0 atom stereocenters. The van der Waals surface area contributed by atoms with Crippen molar-refractivity contribution in [1.82, 2.24) is 4.90 Å². The van der Waals surface area contributed by atoms with E-state index < -0.39 is 5.97 Å². The third-order valence-corrected chi connectivity index (χ3v) is 4.96. The van der Waals surface area contributed by atoms with Gasteiger partial charge in [0.1, 0.15) is 18.0 Å². The first kappa shape index (κ1) is 23.3. The number of methoxy groups -OCH3 is 3. The molecule has 162 valence electrons. The minimum Gasteiger partial charge on any atom is -0.497 e. The van der Waals surface area contributed by atoms with Crippen molar-refractivity contribution in [3.8, 4) is 11.5 Å². The smallest absolute Gasteiger partial charge is 0.325 e. The lowest BCUT2D eigenvalue weighted by Crippen LogP contribution is -2.35. The average Bonchev–Trinajstić information content (AvgIpc) is 2.76. The SMILES string of the molecule is COC(=O)CN(Cc1cc(OC)cc(OC)c1)C(=O)CCc1ccc(C(C)C)cc1. The highest BCUT2D eigenvalue weighted by molar-refractivity contribution is 5.82. The number of carbonyl (C=O) groups is 2. The van der Waals surface area contributed by atoms with Crippen molar-refractivity contribution >= 4 is 11.9 Å². The van der Waals surface area contributed by atoms with Gasteiger partial charge in [0.2, 0.25) is 5.91 Å². The highest BCUT2D eigenvalue weighted by Gasteiger charge is 2.19. The number of nitrogens with zero attached hydrogens (tertiary/aromatic N) is 1. The minimum atomic E-state index is -0.459. The molecule has 0 saturated heterocycles. The lowest BCUT2D eigenvalue weighted by molar-refractivity contribution is -0.147. The molecular weight excluding hydrogens is 382 g/mol. The molecule has 0 saturated carbocycles. The topological polar surface area (TPSA) is 65.1 Å². The number of hydrogen-bond donors (Lipinski definition) is 0. The zero-order chi connectivity index (χ0) is 22.1. The summed E-state index contributed by atoms with van der Waals surface area (Å²) in [7, 11) is 4.46. The number of aryl methyl sites for hydroxylation is 1. The molecule has 0 bridgehead atoms. The molecule has 0 unspecified atom stereocenters. The van der Waals surface area contributed by atoms with Crippen LogP contribution in [0.2, 0.25) is 0 Å². The first-order valence-electron chi connectivity index (χ1n) is 10.0. The van der Waals surface area contributed by atoms with E-state index in [-0.39, 0.29) is 19.0 Å². The number of carbonyl (C=O) groups excluding carboxylic acids is 2. The van der Waals surface area contributed by atoms with Crippen molar-refractivity contribution in [3.05, 3.63) is 59.2 Å². The molecule has 0 N–H and O–H groups in total. The van der Waals surface area contributed by atoms with Crippen LogP contribution >= 0.6 is 0 Å². The van der Waals surface area contributed by atoms with Gasteiger partial charge in [0.05, 0.1) is 21.3 Å². The molecule has 0 fully saturated rings. The third kappa shape index (κ3) is 6.79. The summed E-state index contributed by atoms with van der Waals surface area (Å²) in [6, 6.07) is 13.7. The van der Waals surface area contributed by atoms with Gasteiger partial charge in [0.25, 0.3) is 0 Å². The van der Waals surface area contributed by atoms with Crippen LogP contribution in [0.5, 0.6) is 11.5 Å². The Labute approximate surface area is 178 Å². The molecule has 2 aromatic carbocycles. The van der Waals surface area contributed by atoms with E-state index in [2.05, 4.69) is 38.1 Å². The first-order chi connectivity index (χ1) is 14.4. The molecule has 6 nitrogen and oxygen atoms in total. The number of ether oxygens (including phenoxy) is 3. The molecule has 0 aliphatic rings. The van der Waals surface area contributed by atoms with E-state index in [9.17, 15) is 9.59 Å². The molecule has 0 heterocycles. The minimum absolute atomic E-state index is 0.110. The summed E-state index contributed by atoms with van der Waals surface area (Å²) < 4.78 is 15.4. The Bertz CT molecular complexity index is 823. The fraction of sp³-hybridized carbons (Fsp3) is 0.417. The average molecular weight is 414 g/mol. The lowest BCUT2D eigenvalue weighted by Gasteiger charge is -2.22. The summed E-state index contributed by atoms with van der Waals surface area (Å²) in [4.78, 5) is 26.3. The molecular formula is C24H31NO5. The molecule has 0 aliphatic heterocycles. The zero-order valence-electron chi connectivity index (χ0n) is 18.4. The van der Waals surface area contributed by atoms with E-state index in [1.807, 2.05) is 12.1 Å². The fourth-order valence-corrected chi connectivity index (χ4v) is 3.11. The second-order valence-corrected chi connectivity index (χ2v) is 7.44. The Balaban J connectivity index is 2.11. The quantitative estimate of drug-likeness (QED) is 0.552. The Hall–Kier alpha value is -3.02. The largest absolute Gasteiger partial charge is 0.497 e. The monoisotopic (exact) mass is 413 g/mol. The van der Waals surface area contributed by atoms with Gasteiger partial charge in [-0.1, -0.05) is 38.1 Å². The molecule has 0 aliphatic carbocycles. The molecule has 0 aromatic heterocycles. The van der Waals surface area contributed by atoms with Crippen LogP contribution in [0.15, 0.2) is 42.5 Å². The van der Waals surface area contributed by atoms with E-state index in [0.29, 0.717) is 30.3 Å². The summed E-state index contributed by atoms with van der Waals surface area (Å²) in [5.74, 6) is 1.14. The van der Waals surface area contributed by atoms with Crippen molar-refractivity contribution in [2.24, 2.45) is 0 Å². The van der Waals surface area contributed by atoms with Crippen LogP contribution in [0.4, 0.5) is 0 Å². The van der Waals surface area contributed by atoms with Crippen molar-refractivity contribution in [2.45, 2.75) is 39.2 Å². The van der Waals surface area contributed by atoms with Crippen molar-refractivity contribution < 1.29 is 23.8 Å². The summed E-state index contributed by atoms with van der Waals surface area (Å²) >= 11 is 0. The van der Waals surface area contributed by atoms with Gasteiger partial charge in [-0.05, 0) is 41.2 Å². The second-order valence-electron chi connectivity index (χ2n) is 7.44. The molecule has 0 spiro atoms.